The number of methoxy groups -OCH3 is 1. The number of hydrogen-bond donors (Lipinski definition) is 1. The molecule has 0 saturated carbocycles. The van der Waals surface area contributed by atoms with E-state index in [1.165, 1.54) is 53.6 Å². The van der Waals surface area contributed by atoms with E-state index in [0.717, 1.165) is 6.26 Å². The van der Waals surface area contributed by atoms with Crippen molar-refractivity contribution in [2.24, 2.45) is 4.99 Å². The van der Waals surface area contributed by atoms with Crippen molar-refractivity contribution >= 4 is 27.6 Å². The molecule has 2 atom stereocenters. The number of nitrogens with zero attached hydrogens (tertiary/aromatic N) is 3. The third kappa shape index (κ3) is 5.22. The van der Waals surface area contributed by atoms with Crippen LogP contribution in [0.4, 0.5) is 9.18 Å². The Bertz CT molecular complexity index is 1550. The number of hydrogen-bond acceptors (Lipinski definition) is 6. The molecule has 3 amide bonds. The summed E-state index contributed by atoms with van der Waals surface area (Å²) in [4.78, 5) is 34.2. The minimum Gasteiger partial charge on any atom is -0.496 e. The van der Waals surface area contributed by atoms with Crippen molar-refractivity contribution in [1.82, 2.24) is 15.1 Å². The molecular weight excluding hydrogens is 523 g/mol. The summed E-state index contributed by atoms with van der Waals surface area (Å²) >= 11 is 0. The summed E-state index contributed by atoms with van der Waals surface area (Å²) in [6, 6.07) is 10.3. The lowest BCUT2D eigenvalue weighted by Crippen LogP contribution is -2.49. The van der Waals surface area contributed by atoms with E-state index in [1.54, 1.807) is 24.3 Å². The minimum absolute atomic E-state index is 0.148. The number of urea groups is 1. The van der Waals surface area contributed by atoms with Crippen LogP contribution in [0.3, 0.4) is 0 Å². The Hall–Kier alpha value is -4.25. The molecule has 39 heavy (non-hydrogen) atoms. The number of amidine groups is 1. The summed E-state index contributed by atoms with van der Waals surface area (Å²) in [5, 5.41) is 2.55. The first-order valence-corrected chi connectivity index (χ1v) is 14.2. The van der Waals surface area contributed by atoms with Crippen molar-refractivity contribution < 1.29 is 27.1 Å². The highest BCUT2D eigenvalue weighted by Crippen LogP contribution is 2.45. The van der Waals surface area contributed by atoms with E-state index in [9.17, 15) is 22.4 Å². The van der Waals surface area contributed by atoms with Gasteiger partial charge in [-0.2, -0.15) is 0 Å². The lowest BCUT2D eigenvalue weighted by atomic mass is 9.93. The van der Waals surface area contributed by atoms with Gasteiger partial charge in [-0.05, 0) is 54.3 Å². The molecule has 9 nitrogen and oxygen atoms in total. The van der Waals surface area contributed by atoms with Crippen LogP contribution in [-0.4, -0.2) is 55.9 Å². The number of amides is 3. The van der Waals surface area contributed by atoms with Crippen LogP contribution in [0.2, 0.25) is 0 Å². The first-order chi connectivity index (χ1) is 18.7. The van der Waals surface area contributed by atoms with Gasteiger partial charge in [-0.15, -0.1) is 0 Å². The molecule has 5 rings (SSSR count). The number of sulfone groups is 1. The van der Waals surface area contributed by atoms with Gasteiger partial charge in [0.05, 0.1) is 18.0 Å². The predicted molar refractivity (Wildman–Crippen MR) is 143 cm³/mol. The van der Waals surface area contributed by atoms with Crippen LogP contribution in [0.5, 0.6) is 0 Å². The Balaban J connectivity index is 1.70. The average molecular weight is 551 g/mol. The van der Waals surface area contributed by atoms with Crippen LogP contribution in [0.15, 0.2) is 94.3 Å². The van der Waals surface area contributed by atoms with Gasteiger partial charge in [0.25, 0.3) is 0 Å². The topological polar surface area (TPSA) is 108 Å². The molecule has 0 aromatic heterocycles. The Morgan fingerprint density at radius 1 is 1.15 bits per heavy atom. The number of carbonyl (C=O) groups is 2. The van der Waals surface area contributed by atoms with Gasteiger partial charge in [0, 0.05) is 24.2 Å². The predicted octanol–water partition coefficient (Wildman–Crippen LogP) is 4.00. The van der Waals surface area contributed by atoms with Crippen molar-refractivity contribution in [3.8, 4) is 0 Å². The summed E-state index contributed by atoms with van der Waals surface area (Å²) in [6.45, 7) is -0.196. The van der Waals surface area contributed by atoms with E-state index in [-0.39, 0.29) is 17.3 Å². The number of ether oxygens (including phenoxy) is 1. The molecule has 0 bridgehead atoms. The summed E-state index contributed by atoms with van der Waals surface area (Å²) in [7, 11) is -1.89. The van der Waals surface area contributed by atoms with Gasteiger partial charge in [-0.25, -0.2) is 17.6 Å². The molecule has 1 N–H and O–H groups in total. The number of benzene rings is 2. The molecule has 1 aliphatic carbocycles. The summed E-state index contributed by atoms with van der Waals surface area (Å²) in [5.74, 6) is 0.0770. The minimum atomic E-state index is -3.43. The molecule has 202 valence electrons. The number of halogens is 1. The van der Waals surface area contributed by atoms with Crippen molar-refractivity contribution in [3.63, 3.8) is 0 Å². The van der Waals surface area contributed by atoms with Gasteiger partial charge in [-0.3, -0.25) is 19.6 Å². The highest BCUT2D eigenvalue weighted by molar-refractivity contribution is 7.90. The van der Waals surface area contributed by atoms with Crippen LogP contribution >= 0.6 is 0 Å². The second kappa shape index (κ2) is 10.5. The second-order valence-corrected chi connectivity index (χ2v) is 11.4. The Morgan fingerprint density at radius 3 is 2.59 bits per heavy atom. The third-order valence-electron chi connectivity index (χ3n) is 6.79. The van der Waals surface area contributed by atoms with Gasteiger partial charge in [-0.1, -0.05) is 30.3 Å². The summed E-state index contributed by atoms with van der Waals surface area (Å²) < 4.78 is 44.3. The van der Waals surface area contributed by atoms with Crippen LogP contribution in [0.25, 0.3) is 0 Å². The normalized spacial score (nSPS) is 21.2. The molecule has 2 heterocycles. The van der Waals surface area contributed by atoms with E-state index in [4.69, 9.17) is 9.73 Å². The second-order valence-electron chi connectivity index (χ2n) is 9.39. The quantitative estimate of drug-likeness (QED) is 0.606. The number of nitrogens with one attached hydrogen (secondary N) is 1. The van der Waals surface area contributed by atoms with E-state index in [1.807, 2.05) is 12.2 Å². The van der Waals surface area contributed by atoms with Crippen LogP contribution in [0, 0.1) is 5.82 Å². The lowest BCUT2D eigenvalue weighted by molar-refractivity contribution is -0.120. The fraction of sp³-hybridized carbons (Fsp3) is 0.250. The number of aliphatic imine (C=N–C) groups is 1. The molecule has 0 radical (unpaired) electrons. The monoisotopic (exact) mass is 550 g/mol. The Kier molecular flexibility index (Phi) is 7.09. The third-order valence-corrected chi connectivity index (χ3v) is 7.92. The lowest BCUT2D eigenvalue weighted by Gasteiger charge is -2.34. The zero-order chi connectivity index (χ0) is 27.7. The SMILES string of the molecule is COC1=C(C2=NC(c3ccc(S(C)(=O)=O)cc3)C(c3cccc(F)c3)N2C(=O)N2C=CNC(=O)C2)CCC=C1. The molecule has 3 aliphatic rings. The standard InChI is InChI=1S/C28H27FN4O5S/c1-38-23-9-4-3-8-22(23)27-31-25(18-10-12-21(13-11-18)39(2,36)37)26(19-6-5-7-20(29)16-19)33(27)28(35)32-15-14-30-24(34)17-32/h4-7,9-16,25-26H,3,8,17H2,1-2H3,(H,30,34). The first-order valence-electron chi connectivity index (χ1n) is 12.3. The number of rotatable bonds is 5. The van der Waals surface area contributed by atoms with Crippen molar-refractivity contribution in [2.45, 2.75) is 29.8 Å². The number of carbonyl (C=O) groups excluding carboxylic acids is 2. The number of allylic oxidation sites excluding steroid dienone is 2. The molecule has 0 saturated heterocycles. The van der Waals surface area contributed by atoms with Crippen molar-refractivity contribution in [3.05, 3.63) is 101 Å². The fourth-order valence-corrected chi connectivity index (χ4v) is 5.59. The highest BCUT2D eigenvalue weighted by Gasteiger charge is 2.45. The van der Waals surface area contributed by atoms with Crippen LogP contribution in [-0.2, 0) is 19.4 Å². The molecule has 2 aromatic rings. The van der Waals surface area contributed by atoms with Gasteiger partial charge < -0.3 is 10.1 Å². The molecule has 11 heteroatoms. The largest absolute Gasteiger partial charge is 0.496 e. The van der Waals surface area contributed by atoms with E-state index < -0.39 is 33.8 Å². The van der Waals surface area contributed by atoms with Gasteiger partial charge in [0.1, 0.15) is 30.0 Å². The maximum atomic E-state index is 14.5. The smallest absolute Gasteiger partial charge is 0.330 e. The van der Waals surface area contributed by atoms with Gasteiger partial charge in [0.2, 0.25) is 5.91 Å². The van der Waals surface area contributed by atoms with Crippen LogP contribution < -0.4 is 5.32 Å². The summed E-state index contributed by atoms with van der Waals surface area (Å²) in [6.07, 6.45) is 9.03. The van der Waals surface area contributed by atoms with Crippen LogP contribution in [0.1, 0.15) is 36.1 Å². The maximum Gasteiger partial charge on any atom is 0.330 e. The zero-order valence-electron chi connectivity index (χ0n) is 21.4. The Labute approximate surface area is 225 Å². The zero-order valence-corrected chi connectivity index (χ0v) is 22.2. The molecule has 2 aliphatic heterocycles. The maximum absolute atomic E-state index is 14.5. The van der Waals surface area contributed by atoms with Crippen molar-refractivity contribution in [1.29, 1.82) is 0 Å². The average Bonchev–Trinajstić information content (AvgIpc) is 3.32. The first kappa shape index (κ1) is 26.4. The highest BCUT2D eigenvalue weighted by atomic mass is 32.2. The molecular formula is C28H27FN4O5S. The van der Waals surface area contributed by atoms with Crippen molar-refractivity contribution in [2.75, 3.05) is 19.9 Å². The summed E-state index contributed by atoms with van der Waals surface area (Å²) in [5.41, 5.74) is 1.84. The Morgan fingerprint density at radius 2 is 1.92 bits per heavy atom. The van der Waals surface area contributed by atoms with Gasteiger partial charge in [0.15, 0.2) is 9.84 Å². The van der Waals surface area contributed by atoms with Gasteiger partial charge >= 0.3 is 6.03 Å². The molecule has 2 unspecified atom stereocenters. The molecule has 0 fully saturated rings. The fourth-order valence-electron chi connectivity index (χ4n) is 4.96. The van der Waals surface area contributed by atoms with E-state index in [2.05, 4.69) is 5.32 Å². The van der Waals surface area contributed by atoms with E-state index in [0.29, 0.717) is 41.1 Å². The molecule has 2 aromatic carbocycles. The molecule has 0 spiro atoms. The van der Waals surface area contributed by atoms with E-state index >= 15 is 0 Å².